The lowest BCUT2D eigenvalue weighted by Crippen LogP contribution is -2.51. The van der Waals surface area contributed by atoms with Crippen LogP contribution in [0.3, 0.4) is 0 Å². The molecule has 1 aliphatic heterocycles. The molecule has 0 unspecified atom stereocenters. The Hall–Kier alpha value is -0.730. The minimum Gasteiger partial charge on any atom is -0.338 e. The number of rotatable bonds is 2. The molecule has 3 heteroatoms. The largest absolute Gasteiger partial charge is 0.338 e. The van der Waals surface area contributed by atoms with E-state index in [1.807, 2.05) is 4.90 Å². The van der Waals surface area contributed by atoms with Gasteiger partial charge in [0.15, 0.2) is 0 Å². The number of carbonyl (C=O) groups excluding carboxylic acids is 1. The van der Waals surface area contributed by atoms with Gasteiger partial charge in [0.2, 0.25) is 0 Å². The predicted molar refractivity (Wildman–Crippen MR) is 49.0 cm³/mol. The lowest BCUT2D eigenvalue weighted by atomic mass is 10.0. The number of nitrogens with zero attached hydrogens (tertiary/aromatic N) is 1. The molecule has 1 N–H and O–H groups in total. The molecule has 1 saturated heterocycles. The van der Waals surface area contributed by atoms with Crippen LogP contribution in [0.1, 0.15) is 27.2 Å². The first kappa shape index (κ1) is 9.36. The van der Waals surface area contributed by atoms with Crippen molar-refractivity contribution in [1.82, 2.24) is 10.2 Å². The zero-order valence-electron chi connectivity index (χ0n) is 8.13. The van der Waals surface area contributed by atoms with Gasteiger partial charge in [-0.2, -0.15) is 0 Å². The number of carbonyl (C=O) groups is 1. The molecule has 0 radical (unpaired) electrons. The van der Waals surface area contributed by atoms with Crippen molar-refractivity contribution < 1.29 is 4.79 Å². The molecule has 1 fully saturated rings. The molecule has 3 nitrogen and oxygen atoms in total. The fraction of sp³-hybridized carbons (Fsp3) is 0.889. The minimum absolute atomic E-state index is 0.0995. The van der Waals surface area contributed by atoms with Gasteiger partial charge >= 0.3 is 6.03 Å². The van der Waals surface area contributed by atoms with Crippen molar-refractivity contribution in [3.8, 4) is 0 Å². The van der Waals surface area contributed by atoms with Crippen LogP contribution < -0.4 is 5.32 Å². The summed E-state index contributed by atoms with van der Waals surface area (Å²) < 4.78 is 0. The van der Waals surface area contributed by atoms with Crippen molar-refractivity contribution in [2.24, 2.45) is 5.92 Å². The Labute approximate surface area is 74.1 Å². The monoisotopic (exact) mass is 170 g/mol. The van der Waals surface area contributed by atoms with Crippen LogP contribution in [0.25, 0.3) is 0 Å². The molecule has 1 atom stereocenters. The van der Waals surface area contributed by atoms with Crippen LogP contribution in [0.2, 0.25) is 0 Å². The number of hydrogen-bond acceptors (Lipinski definition) is 1. The van der Waals surface area contributed by atoms with E-state index in [1.165, 1.54) is 0 Å². The van der Waals surface area contributed by atoms with Crippen LogP contribution in [-0.4, -0.2) is 30.1 Å². The van der Waals surface area contributed by atoms with Crippen LogP contribution in [-0.2, 0) is 0 Å². The molecule has 0 bridgehead atoms. The van der Waals surface area contributed by atoms with E-state index in [-0.39, 0.29) is 6.03 Å². The van der Waals surface area contributed by atoms with Crippen molar-refractivity contribution in [3.05, 3.63) is 0 Å². The van der Waals surface area contributed by atoms with Crippen molar-refractivity contribution in [3.63, 3.8) is 0 Å². The molecule has 12 heavy (non-hydrogen) atoms. The zero-order valence-corrected chi connectivity index (χ0v) is 8.13. The molecule has 1 aliphatic rings. The third-order valence-electron chi connectivity index (χ3n) is 2.57. The highest BCUT2D eigenvalue weighted by Crippen LogP contribution is 2.12. The summed E-state index contributed by atoms with van der Waals surface area (Å²) in [5, 5.41) is 2.85. The Morgan fingerprint density at radius 2 is 2.08 bits per heavy atom. The second kappa shape index (κ2) is 3.78. The van der Waals surface area contributed by atoms with E-state index in [2.05, 4.69) is 26.1 Å². The standard InChI is InChI=1S/C9H18N2O/c1-7(2)8(3)11-6-4-5-10-9(11)12/h7-8H,4-6H2,1-3H3,(H,10,12)/t8-/m0/s1. The molecule has 1 rings (SSSR count). The maximum atomic E-state index is 11.4. The molecule has 0 saturated carbocycles. The second-order valence-corrected chi connectivity index (χ2v) is 3.76. The fourth-order valence-electron chi connectivity index (χ4n) is 1.40. The summed E-state index contributed by atoms with van der Waals surface area (Å²) >= 11 is 0. The smallest absolute Gasteiger partial charge is 0.317 e. The van der Waals surface area contributed by atoms with E-state index in [0.717, 1.165) is 19.5 Å². The van der Waals surface area contributed by atoms with Crippen LogP contribution in [0.15, 0.2) is 0 Å². The second-order valence-electron chi connectivity index (χ2n) is 3.76. The summed E-state index contributed by atoms with van der Waals surface area (Å²) in [6, 6.07) is 0.452. The topological polar surface area (TPSA) is 32.3 Å². The first-order valence-corrected chi connectivity index (χ1v) is 4.67. The number of urea groups is 1. The molecular formula is C9H18N2O. The average Bonchev–Trinajstić information content (AvgIpc) is 2.04. The Morgan fingerprint density at radius 3 is 2.58 bits per heavy atom. The molecule has 0 spiro atoms. The highest BCUT2D eigenvalue weighted by Gasteiger charge is 2.24. The van der Waals surface area contributed by atoms with Gasteiger partial charge in [0.1, 0.15) is 0 Å². The summed E-state index contributed by atoms with van der Waals surface area (Å²) in [5.41, 5.74) is 0. The Balaban J connectivity index is 2.53. The molecule has 2 amide bonds. The van der Waals surface area contributed by atoms with Gasteiger partial charge in [-0.15, -0.1) is 0 Å². The first-order valence-electron chi connectivity index (χ1n) is 4.67. The lowest BCUT2D eigenvalue weighted by molar-refractivity contribution is 0.149. The quantitative estimate of drug-likeness (QED) is 0.668. The van der Waals surface area contributed by atoms with Crippen LogP contribution >= 0.6 is 0 Å². The summed E-state index contributed by atoms with van der Waals surface area (Å²) in [6.07, 6.45) is 1.07. The van der Waals surface area contributed by atoms with Gasteiger partial charge in [0.05, 0.1) is 0 Å². The summed E-state index contributed by atoms with van der Waals surface area (Å²) in [6.45, 7) is 8.14. The number of amides is 2. The number of nitrogens with one attached hydrogen (secondary N) is 1. The van der Waals surface area contributed by atoms with Crippen molar-refractivity contribution in [2.75, 3.05) is 13.1 Å². The molecule has 0 aromatic heterocycles. The summed E-state index contributed by atoms with van der Waals surface area (Å²) in [7, 11) is 0. The SMILES string of the molecule is CC(C)[C@H](C)N1CCCNC1=O. The van der Waals surface area contributed by atoms with Gasteiger partial charge in [-0.25, -0.2) is 4.79 Å². The normalized spacial score (nSPS) is 21.0. The number of hydrogen-bond donors (Lipinski definition) is 1. The van der Waals surface area contributed by atoms with E-state index in [9.17, 15) is 4.79 Å². The molecule has 0 aromatic carbocycles. The highest BCUT2D eigenvalue weighted by atomic mass is 16.2. The third-order valence-corrected chi connectivity index (χ3v) is 2.57. The minimum atomic E-state index is 0.0995. The molecule has 1 heterocycles. The van der Waals surface area contributed by atoms with Crippen molar-refractivity contribution >= 4 is 6.03 Å². The van der Waals surface area contributed by atoms with E-state index >= 15 is 0 Å². The maximum Gasteiger partial charge on any atom is 0.317 e. The predicted octanol–water partition coefficient (Wildman–Crippen LogP) is 1.45. The van der Waals surface area contributed by atoms with E-state index < -0.39 is 0 Å². The van der Waals surface area contributed by atoms with Crippen LogP contribution in [0, 0.1) is 5.92 Å². The average molecular weight is 170 g/mol. The zero-order chi connectivity index (χ0) is 9.14. The van der Waals surface area contributed by atoms with Gasteiger partial charge in [0, 0.05) is 19.1 Å². The fourth-order valence-corrected chi connectivity index (χ4v) is 1.40. The summed E-state index contributed by atoms with van der Waals surface area (Å²) in [4.78, 5) is 13.3. The van der Waals surface area contributed by atoms with Gasteiger partial charge in [-0.1, -0.05) is 13.8 Å². The van der Waals surface area contributed by atoms with Crippen molar-refractivity contribution in [1.29, 1.82) is 0 Å². The van der Waals surface area contributed by atoms with Crippen LogP contribution in [0.4, 0.5) is 4.79 Å². The van der Waals surface area contributed by atoms with Crippen LogP contribution in [0.5, 0.6) is 0 Å². The Kier molecular flexibility index (Phi) is 2.95. The lowest BCUT2D eigenvalue weighted by Gasteiger charge is -2.34. The Bertz CT molecular complexity index is 168. The molecule has 0 aliphatic carbocycles. The first-order chi connectivity index (χ1) is 5.63. The summed E-state index contributed by atoms with van der Waals surface area (Å²) in [5.74, 6) is 0.536. The van der Waals surface area contributed by atoms with E-state index in [0.29, 0.717) is 12.0 Å². The van der Waals surface area contributed by atoms with E-state index in [1.54, 1.807) is 0 Å². The van der Waals surface area contributed by atoms with Gasteiger partial charge < -0.3 is 10.2 Å². The molecule has 70 valence electrons. The van der Waals surface area contributed by atoms with Gasteiger partial charge in [-0.3, -0.25) is 0 Å². The highest BCUT2D eigenvalue weighted by molar-refractivity contribution is 5.75. The van der Waals surface area contributed by atoms with Gasteiger partial charge in [-0.05, 0) is 19.3 Å². The third kappa shape index (κ3) is 1.90. The molecular weight excluding hydrogens is 152 g/mol. The van der Waals surface area contributed by atoms with Gasteiger partial charge in [0.25, 0.3) is 0 Å². The maximum absolute atomic E-state index is 11.4. The Morgan fingerprint density at radius 1 is 1.42 bits per heavy atom. The van der Waals surface area contributed by atoms with E-state index in [4.69, 9.17) is 0 Å². The van der Waals surface area contributed by atoms with Crippen molar-refractivity contribution in [2.45, 2.75) is 33.2 Å². The molecule has 0 aromatic rings.